The molecule has 0 atom stereocenters. The Morgan fingerprint density at radius 2 is 1.88 bits per heavy atom. The highest BCUT2D eigenvalue weighted by atomic mass is 35.5. The minimum Gasteiger partial charge on any atom is -0.359 e. The molecule has 2 aromatic rings. The lowest BCUT2D eigenvalue weighted by atomic mass is 10.1. The monoisotopic (exact) mass is 270 g/mol. The van der Waals surface area contributed by atoms with E-state index in [-0.39, 0.29) is 0 Å². The van der Waals surface area contributed by atoms with Gasteiger partial charge in [0.2, 0.25) is 0 Å². The molecule has 0 aliphatic carbocycles. The summed E-state index contributed by atoms with van der Waals surface area (Å²) in [5.41, 5.74) is 1.69. The molecule has 0 aliphatic heterocycles. The Bertz CT molecular complexity index is 581. The van der Waals surface area contributed by atoms with Crippen molar-refractivity contribution in [3.63, 3.8) is 0 Å². The van der Waals surface area contributed by atoms with Crippen molar-refractivity contribution >= 4 is 34.8 Å². The molecule has 0 unspecified atom stereocenters. The highest BCUT2D eigenvalue weighted by Crippen LogP contribution is 2.33. The summed E-state index contributed by atoms with van der Waals surface area (Å²) in [5.74, 6) is 0. The van der Waals surface area contributed by atoms with Crippen molar-refractivity contribution in [1.82, 2.24) is 4.98 Å². The molecule has 1 heterocycles. The van der Waals surface area contributed by atoms with Gasteiger partial charge in [-0.15, -0.1) is 0 Å². The Kier molecular flexibility index (Phi) is 3.11. The first kappa shape index (κ1) is 11.3. The fourth-order valence-corrected chi connectivity index (χ4v) is 2.11. The van der Waals surface area contributed by atoms with Gasteiger partial charge in [0, 0.05) is 16.8 Å². The quantitative estimate of drug-likeness (QED) is 0.814. The number of aromatic nitrogens is 1. The van der Waals surface area contributed by atoms with Gasteiger partial charge in [-0.25, -0.2) is 0 Å². The molecule has 0 saturated heterocycles. The Labute approximate surface area is 107 Å². The van der Waals surface area contributed by atoms with Crippen molar-refractivity contribution < 1.29 is 0 Å². The van der Waals surface area contributed by atoms with Crippen LogP contribution >= 0.6 is 34.8 Å². The second-order valence-corrected chi connectivity index (χ2v) is 4.37. The van der Waals surface area contributed by atoms with E-state index in [9.17, 15) is 0 Å². The maximum atomic E-state index is 8.97. The standard InChI is InChI=1S/C11H5Cl3N2/c12-6-1-2-7(9(13)3-6)11-8(4-15)10(14)5-16-11/h1-3,5,16H. The lowest BCUT2D eigenvalue weighted by molar-refractivity contribution is 1.39. The smallest absolute Gasteiger partial charge is 0.103 e. The van der Waals surface area contributed by atoms with Crippen LogP contribution in [0.4, 0.5) is 0 Å². The molecule has 0 amide bonds. The number of aromatic amines is 1. The normalized spacial score (nSPS) is 10.1. The van der Waals surface area contributed by atoms with Gasteiger partial charge in [-0.05, 0) is 18.2 Å². The first-order chi connectivity index (χ1) is 7.63. The highest BCUT2D eigenvalue weighted by molar-refractivity contribution is 6.36. The van der Waals surface area contributed by atoms with E-state index >= 15 is 0 Å². The molecule has 1 N–H and O–H groups in total. The maximum Gasteiger partial charge on any atom is 0.103 e. The van der Waals surface area contributed by atoms with E-state index in [1.165, 1.54) is 0 Å². The van der Waals surface area contributed by atoms with E-state index in [0.717, 1.165) is 0 Å². The van der Waals surface area contributed by atoms with Crippen LogP contribution in [0.5, 0.6) is 0 Å². The van der Waals surface area contributed by atoms with Crippen molar-refractivity contribution in [2.45, 2.75) is 0 Å². The predicted octanol–water partition coefficient (Wildman–Crippen LogP) is 4.51. The molecular formula is C11H5Cl3N2. The average molecular weight is 272 g/mol. The van der Waals surface area contributed by atoms with Gasteiger partial charge in [-0.3, -0.25) is 0 Å². The van der Waals surface area contributed by atoms with E-state index in [0.29, 0.717) is 31.9 Å². The Morgan fingerprint density at radius 1 is 1.12 bits per heavy atom. The summed E-state index contributed by atoms with van der Waals surface area (Å²) in [5, 5.41) is 10.4. The van der Waals surface area contributed by atoms with Crippen LogP contribution in [0.3, 0.4) is 0 Å². The summed E-state index contributed by atoms with van der Waals surface area (Å²) >= 11 is 17.7. The van der Waals surface area contributed by atoms with Gasteiger partial charge in [0.25, 0.3) is 0 Å². The first-order valence-corrected chi connectivity index (χ1v) is 5.49. The van der Waals surface area contributed by atoms with E-state index < -0.39 is 0 Å². The van der Waals surface area contributed by atoms with Gasteiger partial charge in [-0.1, -0.05) is 34.8 Å². The van der Waals surface area contributed by atoms with E-state index in [1.54, 1.807) is 24.4 Å². The highest BCUT2D eigenvalue weighted by Gasteiger charge is 2.13. The number of H-pyrrole nitrogens is 1. The number of halogens is 3. The first-order valence-electron chi connectivity index (χ1n) is 4.36. The molecule has 0 aliphatic rings. The predicted molar refractivity (Wildman–Crippen MR) is 66.0 cm³/mol. The van der Waals surface area contributed by atoms with E-state index in [4.69, 9.17) is 40.1 Å². The molecule has 0 radical (unpaired) electrons. The van der Waals surface area contributed by atoms with E-state index in [2.05, 4.69) is 4.98 Å². The molecule has 16 heavy (non-hydrogen) atoms. The number of hydrogen-bond acceptors (Lipinski definition) is 1. The molecule has 0 saturated carbocycles. The van der Waals surface area contributed by atoms with Crippen LogP contribution in [0, 0.1) is 11.3 Å². The summed E-state index contributed by atoms with van der Waals surface area (Å²) in [7, 11) is 0. The van der Waals surface area contributed by atoms with Gasteiger partial charge in [0.15, 0.2) is 0 Å². The summed E-state index contributed by atoms with van der Waals surface area (Å²) in [6.45, 7) is 0. The van der Waals surface area contributed by atoms with Crippen molar-refractivity contribution in [3.05, 3.63) is 45.0 Å². The number of nitrogens with one attached hydrogen (secondary N) is 1. The fraction of sp³-hybridized carbons (Fsp3) is 0. The lowest BCUT2D eigenvalue weighted by Gasteiger charge is -2.03. The average Bonchev–Trinajstić information content (AvgIpc) is 2.59. The van der Waals surface area contributed by atoms with E-state index in [1.807, 2.05) is 6.07 Å². The van der Waals surface area contributed by atoms with Crippen molar-refractivity contribution in [2.24, 2.45) is 0 Å². The van der Waals surface area contributed by atoms with Gasteiger partial charge < -0.3 is 4.98 Å². The molecule has 5 heteroatoms. The molecule has 1 aromatic carbocycles. The Balaban J connectivity index is 2.64. The van der Waals surface area contributed by atoms with Gasteiger partial charge in [0.05, 0.1) is 21.3 Å². The molecule has 0 spiro atoms. The van der Waals surface area contributed by atoms with Gasteiger partial charge in [-0.2, -0.15) is 5.26 Å². The second-order valence-electron chi connectivity index (χ2n) is 3.12. The lowest BCUT2D eigenvalue weighted by Crippen LogP contribution is -1.83. The minimum atomic E-state index is 0.378. The van der Waals surface area contributed by atoms with Crippen molar-refractivity contribution in [1.29, 1.82) is 5.26 Å². The zero-order chi connectivity index (χ0) is 11.7. The zero-order valence-electron chi connectivity index (χ0n) is 7.89. The third kappa shape index (κ3) is 1.90. The molecule has 0 bridgehead atoms. The maximum absolute atomic E-state index is 8.97. The van der Waals surface area contributed by atoms with Crippen molar-refractivity contribution in [2.75, 3.05) is 0 Å². The molecule has 0 fully saturated rings. The second kappa shape index (κ2) is 4.39. The summed E-state index contributed by atoms with van der Waals surface area (Å²) in [4.78, 5) is 2.92. The molecule has 2 nitrogen and oxygen atoms in total. The van der Waals surface area contributed by atoms with Crippen LogP contribution in [-0.4, -0.2) is 4.98 Å². The Hall–Kier alpha value is -1.14. The molecule has 1 aromatic heterocycles. The zero-order valence-corrected chi connectivity index (χ0v) is 10.2. The van der Waals surface area contributed by atoms with Crippen LogP contribution in [0.1, 0.15) is 5.56 Å². The number of rotatable bonds is 1. The largest absolute Gasteiger partial charge is 0.359 e. The fourth-order valence-electron chi connectivity index (χ4n) is 1.41. The van der Waals surface area contributed by atoms with Crippen LogP contribution in [-0.2, 0) is 0 Å². The number of benzene rings is 1. The van der Waals surface area contributed by atoms with Crippen LogP contribution in [0.25, 0.3) is 11.3 Å². The minimum absolute atomic E-state index is 0.378. The SMILES string of the molecule is N#Cc1c(Cl)c[nH]c1-c1ccc(Cl)cc1Cl. The van der Waals surface area contributed by atoms with Gasteiger partial charge >= 0.3 is 0 Å². The summed E-state index contributed by atoms with van der Waals surface area (Å²) in [6.07, 6.45) is 1.56. The third-order valence-electron chi connectivity index (χ3n) is 2.14. The van der Waals surface area contributed by atoms with Crippen molar-refractivity contribution in [3.8, 4) is 17.3 Å². The van der Waals surface area contributed by atoms with Crippen LogP contribution < -0.4 is 0 Å². The summed E-state index contributed by atoms with van der Waals surface area (Å²) in [6, 6.07) is 7.10. The topological polar surface area (TPSA) is 39.6 Å². The van der Waals surface area contributed by atoms with Gasteiger partial charge in [0.1, 0.15) is 6.07 Å². The number of nitriles is 1. The van der Waals surface area contributed by atoms with Crippen LogP contribution in [0.15, 0.2) is 24.4 Å². The number of nitrogens with zero attached hydrogens (tertiary/aromatic N) is 1. The summed E-state index contributed by atoms with van der Waals surface area (Å²) < 4.78 is 0. The number of hydrogen-bond donors (Lipinski definition) is 1. The third-order valence-corrected chi connectivity index (χ3v) is 2.99. The molecular weight excluding hydrogens is 266 g/mol. The Morgan fingerprint density at radius 3 is 2.50 bits per heavy atom. The van der Waals surface area contributed by atoms with Crippen LogP contribution in [0.2, 0.25) is 15.1 Å². The molecule has 80 valence electrons. The molecule has 2 rings (SSSR count).